The normalized spacial score (nSPS) is 10.6. The summed E-state index contributed by atoms with van der Waals surface area (Å²) in [4.78, 5) is 4.19. The van der Waals surface area contributed by atoms with E-state index in [9.17, 15) is 0 Å². The maximum Gasteiger partial charge on any atom is 0.223 e. The quantitative estimate of drug-likeness (QED) is 0.280. The van der Waals surface area contributed by atoms with Crippen molar-refractivity contribution in [3.8, 4) is 28.6 Å². The molecule has 0 aliphatic carbocycles. The predicted molar refractivity (Wildman–Crippen MR) is 122 cm³/mol. The smallest absolute Gasteiger partial charge is 0.223 e. The standard InChI is InChI=1S/C21H18Cl4N2O4/c1-13-26-21(27-31-13)14-3-5-15(6-4-14)28-8-2-9-30-20-17(22)11-16(12-18(20)23)29-10-7-19(24)25/h3-7,11-12H,2,8-10H2,1H3. The molecule has 6 nitrogen and oxygen atoms in total. The van der Waals surface area contributed by atoms with Gasteiger partial charge in [-0.2, -0.15) is 4.98 Å². The minimum Gasteiger partial charge on any atom is -0.493 e. The summed E-state index contributed by atoms with van der Waals surface area (Å²) in [6.07, 6.45) is 2.14. The van der Waals surface area contributed by atoms with Gasteiger partial charge in [-0.3, -0.25) is 0 Å². The van der Waals surface area contributed by atoms with E-state index in [1.807, 2.05) is 24.3 Å². The Morgan fingerprint density at radius 3 is 2.26 bits per heavy atom. The number of benzene rings is 2. The van der Waals surface area contributed by atoms with Crippen LogP contribution < -0.4 is 14.2 Å². The summed E-state index contributed by atoms with van der Waals surface area (Å²) in [7, 11) is 0. The molecule has 0 spiro atoms. The van der Waals surface area contributed by atoms with Gasteiger partial charge in [0.2, 0.25) is 11.7 Å². The monoisotopic (exact) mass is 502 g/mol. The fourth-order valence-electron chi connectivity index (χ4n) is 2.50. The highest BCUT2D eigenvalue weighted by atomic mass is 35.5. The summed E-state index contributed by atoms with van der Waals surface area (Å²) in [6, 6.07) is 10.7. The van der Waals surface area contributed by atoms with Crippen molar-refractivity contribution in [3.63, 3.8) is 0 Å². The number of hydrogen-bond donors (Lipinski definition) is 0. The Labute approximate surface area is 199 Å². The number of aryl methyl sites for hydroxylation is 1. The number of halogens is 4. The lowest BCUT2D eigenvalue weighted by Crippen LogP contribution is -2.05. The molecule has 31 heavy (non-hydrogen) atoms. The molecule has 0 aliphatic rings. The molecule has 2 aromatic carbocycles. The fourth-order valence-corrected chi connectivity index (χ4v) is 3.20. The molecular weight excluding hydrogens is 486 g/mol. The summed E-state index contributed by atoms with van der Waals surface area (Å²) in [5.41, 5.74) is 0.853. The lowest BCUT2D eigenvalue weighted by Gasteiger charge is -2.12. The third-order valence-corrected chi connectivity index (χ3v) is 4.77. The van der Waals surface area contributed by atoms with E-state index in [0.717, 1.165) is 11.3 Å². The molecule has 164 valence electrons. The maximum atomic E-state index is 6.25. The first-order valence-electron chi connectivity index (χ1n) is 9.21. The van der Waals surface area contributed by atoms with Crippen molar-refractivity contribution in [1.29, 1.82) is 0 Å². The Hall–Kier alpha value is -2.12. The SMILES string of the molecule is Cc1nc(-c2ccc(OCCCOc3c(Cl)cc(OCC=C(Cl)Cl)cc3Cl)cc2)no1. The zero-order chi connectivity index (χ0) is 22.2. The summed E-state index contributed by atoms with van der Waals surface area (Å²) in [5.74, 6) is 2.66. The second-order valence-corrected chi connectivity index (χ2v) is 8.05. The molecule has 1 heterocycles. The van der Waals surface area contributed by atoms with Crippen LogP contribution in [0.3, 0.4) is 0 Å². The highest BCUT2D eigenvalue weighted by molar-refractivity contribution is 6.55. The van der Waals surface area contributed by atoms with Crippen LogP contribution >= 0.6 is 46.4 Å². The second-order valence-electron chi connectivity index (χ2n) is 6.23. The molecule has 0 fully saturated rings. The molecular formula is C21H18Cl4N2O4. The molecule has 0 aliphatic heterocycles. The van der Waals surface area contributed by atoms with Gasteiger partial charge in [-0.25, -0.2) is 0 Å². The molecule has 0 bridgehead atoms. The van der Waals surface area contributed by atoms with Crippen molar-refractivity contribution < 1.29 is 18.7 Å². The highest BCUT2D eigenvalue weighted by Gasteiger charge is 2.11. The molecule has 3 rings (SSSR count). The third-order valence-electron chi connectivity index (χ3n) is 3.90. The Morgan fingerprint density at radius 2 is 1.65 bits per heavy atom. The first kappa shape index (κ1) is 23.5. The first-order valence-corrected chi connectivity index (χ1v) is 10.7. The molecule has 0 saturated heterocycles. The van der Waals surface area contributed by atoms with Crippen LogP contribution in [-0.4, -0.2) is 30.0 Å². The van der Waals surface area contributed by atoms with E-state index >= 15 is 0 Å². The highest BCUT2D eigenvalue weighted by Crippen LogP contribution is 2.37. The van der Waals surface area contributed by atoms with E-state index in [2.05, 4.69) is 10.1 Å². The van der Waals surface area contributed by atoms with Crippen LogP contribution in [0.5, 0.6) is 17.2 Å². The van der Waals surface area contributed by atoms with Gasteiger partial charge in [0, 0.05) is 31.0 Å². The van der Waals surface area contributed by atoms with Gasteiger partial charge in [0.15, 0.2) is 5.75 Å². The Kier molecular flexibility index (Phi) is 8.72. The van der Waals surface area contributed by atoms with E-state index < -0.39 is 0 Å². The molecule has 1 aromatic heterocycles. The van der Waals surface area contributed by atoms with Crippen molar-refractivity contribution in [2.45, 2.75) is 13.3 Å². The lowest BCUT2D eigenvalue weighted by atomic mass is 10.2. The summed E-state index contributed by atoms with van der Waals surface area (Å²) in [6.45, 7) is 2.78. The van der Waals surface area contributed by atoms with Gasteiger partial charge in [0.25, 0.3) is 0 Å². The van der Waals surface area contributed by atoms with Crippen LogP contribution in [-0.2, 0) is 0 Å². The van der Waals surface area contributed by atoms with Gasteiger partial charge in [-0.1, -0.05) is 51.6 Å². The maximum absolute atomic E-state index is 6.25. The largest absolute Gasteiger partial charge is 0.493 e. The van der Waals surface area contributed by atoms with E-state index in [1.54, 1.807) is 19.1 Å². The first-order chi connectivity index (χ1) is 14.9. The van der Waals surface area contributed by atoms with Crippen LogP contribution in [0.2, 0.25) is 10.0 Å². The van der Waals surface area contributed by atoms with Crippen LogP contribution in [0, 0.1) is 6.92 Å². The van der Waals surface area contributed by atoms with Crippen LogP contribution in [0.15, 0.2) is 51.5 Å². The number of rotatable bonds is 10. The van der Waals surface area contributed by atoms with Crippen molar-refractivity contribution in [2.75, 3.05) is 19.8 Å². The van der Waals surface area contributed by atoms with E-state index in [0.29, 0.717) is 52.9 Å². The average Bonchev–Trinajstić information content (AvgIpc) is 3.16. The van der Waals surface area contributed by atoms with Crippen LogP contribution in [0.1, 0.15) is 12.3 Å². The summed E-state index contributed by atoms with van der Waals surface area (Å²) in [5, 5.41) is 4.57. The second kappa shape index (κ2) is 11.5. The summed E-state index contributed by atoms with van der Waals surface area (Å²) < 4.78 is 22.0. The van der Waals surface area contributed by atoms with Crippen LogP contribution in [0.25, 0.3) is 11.4 Å². The minimum absolute atomic E-state index is 0.123. The Bertz CT molecular complexity index is 1010. The number of aromatic nitrogens is 2. The van der Waals surface area contributed by atoms with Gasteiger partial charge in [0.1, 0.15) is 22.6 Å². The van der Waals surface area contributed by atoms with Gasteiger partial charge in [0.05, 0.1) is 23.3 Å². The van der Waals surface area contributed by atoms with Crippen molar-refractivity contribution >= 4 is 46.4 Å². The zero-order valence-corrected chi connectivity index (χ0v) is 19.4. The summed E-state index contributed by atoms with van der Waals surface area (Å²) >= 11 is 23.6. The zero-order valence-electron chi connectivity index (χ0n) is 16.4. The topological polar surface area (TPSA) is 66.6 Å². The average molecular weight is 504 g/mol. The predicted octanol–water partition coefficient (Wildman–Crippen LogP) is 6.90. The Morgan fingerprint density at radius 1 is 0.968 bits per heavy atom. The van der Waals surface area contributed by atoms with E-state index in [4.69, 9.17) is 65.1 Å². The van der Waals surface area contributed by atoms with Crippen LogP contribution in [0.4, 0.5) is 0 Å². The Balaban J connectivity index is 1.43. The van der Waals surface area contributed by atoms with Crippen molar-refractivity contribution in [3.05, 3.63) is 62.9 Å². The van der Waals surface area contributed by atoms with Gasteiger partial charge in [-0.05, 0) is 30.3 Å². The van der Waals surface area contributed by atoms with Gasteiger partial charge >= 0.3 is 0 Å². The third kappa shape index (κ3) is 7.21. The molecule has 0 atom stereocenters. The number of nitrogens with zero attached hydrogens (tertiary/aromatic N) is 2. The van der Waals surface area contributed by atoms with E-state index in [1.165, 1.54) is 6.08 Å². The van der Waals surface area contributed by atoms with Crippen molar-refractivity contribution in [2.24, 2.45) is 0 Å². The fraction of sp³-hybridized carbons (Fsp3) is 0.238. The van der Waals surface area contributed by atoms with Gasteiger partial charge < -0.3 is 18.7 Å². The minimum atomic E-state index is 0.123. The molecule has 0 amide bonds. The van der Waals surface area contributed by atoms with Crippen molar-refractivity contribution in [1.82, 2.24) is 10.1 Å². The van der Waals surface area contributed by atoms with E-state index in [-0.39, 0.29) is 11.1 Å². The lowest BCUT2D eigenvalue weighted by molar-refractivity contribution is 0.247. The molecule has 3 aromatic rings. The molecule has 0 saturated carbocycles. The van der Waals surface area contributed by atoms with Gasteiger partial charge in [-0.15, -0.1) is 0 Å². The number of hydrogen-bond acceptors (Lipinski definition) is 6. The molecule has 10 heteroatoms. The number of ether oxygens (including phenoxy) is 3. The molecule has 0 unspecified atom stereocenters. The molecule has 0 radical (unpaired) electrons. The molecule has 0 N–H and O–H groups in total.